The van der Waals surface area contributed by atoms with Gasteiger partial charge in [-0.05, 0) is 48.1 Å². The van der Waals surface area contributed by atoms with E-state index < -0.39 is 24.2 Å². The maximum atomic E-state index is 13.2. The number of carbonyl (C=O) groups is 2. The molecule has 1 aliphatic heterocycles. The predicted octanol–water partition coefficient (Wildman–Crippen LogP) is 3.64. The molecule has 8 heteroatoms. The standard InChI is InChI=1S/C22H23ClN2O5/c1-29-18-8-7-15(11-24-18)20-21(14-3-2-4-16(23)9-14)30-17(10-19(26)27)22(28)25(20)12-13-5-6-13/h2-4,7-9,11,13,17,20-21H,5-6,10,12H2,1H3,(H,26,27)/t17-,20+,21+/m0/s1. The first kappa shape index (κ1) is 20.6. The van der Waals surface area contributed by atoms with Gasteiger partial charge >= 0.3 is 5.97 Å². The van der Waals surface area contributed by atoms with Gasteiger partial charge in [0.25, 0.3) is 5.91 Å². The van der Waals surface area contributed by atoms with Gasteiger partial charge < -0.3 is 19.5 Å². The molecule has 158 valence electrons. The van der Waals surface area contributed by atoms with E-state index >= 15 is 0 Å². The Balaban J connectivity index is 1.78. The zero-order valence-electron chi connectivity index (χ0n) is 16.5. The first-order valence-electron chi connectivity index (χ1n) is 9.89. The van der Waals surface area contributed by atoms with Gasteiger partial charge in [-0.2, -0.15) is 0 Å². The minimum absolute atomic E-state index is 0.302. The highest BCUT2D eigenvalue weighted by molar-refractivity contribution is 6.30. The molecule has 0 bridgehead atoms. The van der Waals surface area contributed by atoms with Crippen LogP contribution in [0, 0.1) is 5.92 Å². The van der Waals surface area contributed by atoms with Crippen molar-refractivity contribution in [2.75, 3.05) is 13.7 Å². The lowest BCUT2D eigenvalue weighted by Crippen LogP contribution is -2.52. The first-order chi connectivity index (χ1) is 14.5. The molecule has 1 saturated carbocycles. The van der Waals surface area contributed by atoms with Crippen LogP contribution in [0.15, 0.2) is 42.6 Å². The minimum atomic E-state index is -1.07. The van der Waals surface area contributed by atoms with Gasteiger partial charge in [0.15, 0.2) is 0 Å². The molecule has 7 nitrogen and oxygen atoms in total. The molecule has 1 aromatic heterocycles. The molecule has 30 heavy (non-hydrogen) atoms. The molecule has 0 spiro atoms. The molecule has 2 aliphatic rings. The Morgan fingerprint density at radius 1 is 1.30 bits per heavy atom. The number of ether oxygens (including phenoxy) is 2. The molecule has 0 radical (unpaired) electrons. The molecule has 3 atom stereocenters. The SMILES string of the molecule is COc1ccc([C@@H]2[C@@H](c3cccc(Cl)c3)O[C@@H](CC(=O)O)C(=O)N2CC2CC2)cn1. The second kappa shape index (κ2) is 8.62. The van der Waals surface area contributed by atoms with Gasteiger partial charge in [-0.3, -0.25) is 9.59 Å². The minimum Gasteiger partial charge on any atom is -0.481 e. The molecule has 1 aliphatic carbocycles. The maximum Gasteiger partial charge on any atom is 0.306 e. The van der Waals surface area contributed by atoms with Gasteiger partial charge in [-0.25, -0.2) is 4.98 Å². The lowest BCUT2D eigenvalue weighted by atomic mass is 9.91. The van der Waals surface area contributed by atoms with E-state index in [9.17, 15) is 14.7 Å². The highest BCUT2D eigenvalue weighted by Crippen LogP contribution is 2.45. The normalized spacial score (nSPS) is 24.0. The topological polar surface area (TPSA) is 89.0 Å². The number of amides is 1. The first-order valence-corrected chi connectivity index (χ1v) is 10.3. The summed E-state index contributed by atoms with van der Waals surface area (Å²) in [5.41, 5.74) is 1.58. The van der Waals surface area contributed by atoms with Gasteiger partial charge in [0.1, 0.15) is 12.2 Å². The molecule has 2 heterocycles. The average molecular weight is 431 g/mol. The summed E-state index contributed by atoms with van der Waals surface area (Å²) in [5.74, 6) is -0.484. The van der Waals surface area contributed by atoms with Crippen molar-refractivity contribution in [2.24, 2.45) is 5.92 Å². The highest BCUT2D eigenvalue weighted by Gasteiger charge is 2.46. The number of aliphatic carboxylic acids is 1. The summed E-state index contributed by atoms with van der Waals surface area (Å²) in [6.07, 6.45) is 1.79. The summed E-state index contributed by atoms with van der Waals surface area (Å²) in [5, 5.41) is 9.85. The molecule has 1 N–H and O–H groups in total. The lowest BCUT2D eigenvalue weighted by Gasteiger charge is -2.44. The van der Waals surface area contributed by atoms with Crippen LogP contribution in [0.4, 0.5) is 0 Å². The summed E-state index contributed by atoms with van der Waals surface area (Å²) in [4.78, 5) is 30.7. The van der Waals surface area contributed by atoms with Crippen LogP contribution in [-0.2, 0) is 14.3 Å². The Labute approximate surface area is 179 Å². The molecular formula is C22H23ClN2O5. The number of methoxy groups -OCH3 is 1. The highest BCUT2D eigenvalue weighted by atomic mass is 35.5. The Morgan fingerprint density at radius 3 is 2.70 bits per heavy atom. The Morgan fingerprint density at radius 2 is 2.10 bits per heavy atom. The number of pyridine rings is 1. The van der Waals surface area contributed by atoms with Gasteiger partial charge in [-0.15, -0.1) is 0 Å². The molecule has 1 aromatic carbocycles. The molecule has 2 fully saturated rings. The Hall–Kier alpha value is -2.64. The van der Waals surface area contributed by atoms with Crippen LogP contribution in [0.2, 0.25) is 5.02 Å². The molecule has 1 saturated heterocycles. The van der Waals surface area contributed by atoms with Crippen molar-refractivity contribution in [1.82, 2.24) is 9.88 Å². The fraction of sp³-hybridized carbons (Fsp3) is 0.409. The number of carboxylic acids is 1. The monoisotopic (exact) mass is 430 g/mol. The van der Waals surface area contributed by atoms with Crippen LogP contribution in [-0.4, -0.2) is 46.6 Å². The maximum absolute atomic E-state index is 13.2. The van der Waals surface area contributed by atoms with E-state index in [2.05, 4.69) is 4.98 Å². The van der Waals surface area contributed by atoms with Crippen molar-refractivity contribution >= 4 is 23.5 Å². The van der Waals surface area contributed by atoms with Crippen LogP contribution in [0.1, 0.15) is 42.5 Å². The number of hydrogen-bond acceptors (Lipinski definition) is 5. The summed E-state index contributed by atoms with van der Waals surface area (Å²) in [7, 11) is 1.54. The van der Waals surface area contributed by atoms with Crippen LogP contribution in [0.25, 0.3) is 0 Å². The van der Waals surface area contributed by atoms with E-state index in [0.717, 1.165) is 24.0 Å². The van der Waals surface area contributed by atoms with Gasteiger partial charge in [0.05, 0.1) is 19.6 Å². The smallest absolute Gasteiger partial charge is 0.306 e. The van der Waals surface area contributed by atoms with E-state index in [0.29, 0.717) is 23.4 Å². The zero-order valence-corrected chi connectivity index (χ0v) is 17.3. The fourth-order valence-corrected chi connectivity index (χ4v) is 4.06. The second-order valence-electron chi connectivity index (χ2n) is 7.71. The van der Waals surface area contributed by atoms with Crippen molar-refractivity contribution in [3.05, 3.63) is 58.7 Å². The number of rotatable bonds is 7. The van der Waals surface area contributed by atoms with Crippen molar-refractivity contribution in [1.29, 1.82) is 0 Å². The number of morpholine rings is 1. The molecule has 0 unspecified atom stereocenters. The molecule has 4 rings (SSSR count). The van der Waals surface area contributed by atoms with E-state index in [1.165, 1.54) is 0 Å². The number of carboxylic acid groups (broad SMARTS) is 1. The van der Waals surface area contributed by atoms with E-state index in [-0.39, 0.29) is 12.3 Å². The third-order valence-electron chi connectivity index (χ3n) is 5.49. The van der Waals surface area contributed by atoms with Crippen LogP contribution in [0.5, 0.6) is 5.88 Å². The summed E-state index contributed by atoms with van der Waals surface area (Å²) in [6, 6.07) is 10.4. The van der Waals surface area contributed by atoms with Crippen molar-refractivity contribution < 1.29 is 24.2 Å². The van der Waals surface area contributed by atoms with Gasteiger partial charge in [0, 0.05) is 23.8 Å². The van der Waals surface area contributed by atoms with E-state index in [4.69, 9.17) is 21.1 Å². The van der Waals surface area contributed by atoms with Crippen LogP contribution >= 0.6 is 11.6 Å². The number of carbonyl (C=O) groups excluding carboxylic acids is 1. The second-order valence-corrected chi connectivity index (χ2v) is 8.15. The van der Waals surface area contributed by atoms with Crippen LogP contribution < -0.4 is 4.74 Å². The quantitative estimate of drug-likeness (QED) is 0.721. The van der Waals surface area contributed by atoms with Crippen molar-refractivity contribution in [3.63, 3.8) is 0 Å². The summed E-state index contributed by atoms with van der Waals surface area (Å²) < 4.78 is 11.3. The number of benzene rings is 1. The van der Waals surface area contributed by atoms with Gasteiger partial charge in [0.2, 0.25) is 5.88 Å². The third-order valence-corrected chi connectivity index (χ3v) is 5.73. The van der Waals surface area contributed by atoms with E-state index in [1.807, 2.05) is 18.2 Å². The fourth-order valence-electron chi connectivity index (χ4n) is 3.86. The number of hydrogen-bond donors (Lipinski definition) is 1. The van der Waals surface area contributed by atoms with Crippen LogP contribution in [0.3, 0.4) is 0 Å². The average Bonchev–Trinajstić information content (AvgIpc) is 3.55. The predicted molar refractivity (Wildman–Crippen MR) is 109 cm³/mol. The molecular weight excluding hydrogens is 408 g/mol. The Bertz CT molecular complexity index is 931. The molecule has 2 aromatic rings. The number of aromatic nitrogens is 1. The summed E-state index contributed by atoms with van der Waals surface area (Å²) >= 11 is 6.22. The Kier molecular flexibility index (Phi) is 5.92. The largest absolute Gasteiger partial charge is 0.481 e. The summed E-state index contributed by atoms with van der Waals surface area (Å²) in [6.45, 7) is 0.562. The third kappa shape index (κ3) is 4.42. The number of halogens is 1. The number of nitrogens with zero attached hydrogens (tertiary/aromatic N) is 2. The van der Waals surface area contributed by atoms with Crippen molar-refractivity contribution in [2.45, 2.75) is 37.5 Å². The van der Waals surface area contributed by atoms with Crippen molar-refractivity contribution in [3.8, 4) is 5.88 Å². The van der Waals surface area contributed by atoms with E-state index in [1.54, 1.807) is 36.4 Å². The lowest BCUT2D eigenvalue weighted by molar-refractivity contribution is -0.179. The van der Waals surface area contributed by atoms with Gasteiger partial charge in [-0.1, -0.05) is 23.7 Å². The zero-order chi connectivity index (χ0) is 21.3. The molecule has 1 amide bonds.